The summed E-state index contributed by atoms with van der Waals surface area (Å²) in [4.78, 5) is 16.2. The van der Waals surface area contributed by atoms with E-state index in [9.17, 15) is 9.90 Å². The first kappa shape index (κ1) is 24.6. The van der Waals surface area contributed by atoms with Crippen LogP contribution in [0.1, 0.15) is 39.7 Å². The Labute approximate surface area is 185 Å². The third-order valence-electron chi connectivity index (χ3n) is 5.02. The van der Waals surface area contributed by atoms with Gasteiger partial charge >= 0.3 is 6.09 Å². The molecule has 0 saturated carbocycles. The van der Waals surface area contributed by atoms with Crippen LogP contribution in [-0.4, -0.2) is 74.2 Å². The molecule has 7 nitrogen and oxygen atoms in total. The van der Waals surface area contributed by atoms with Crippen LogP contribution in [0.3, 0.4) is 0 Å². The van der Waals surface area contributed by atoms with Gasteiger partial charge in [0, 0.05) is 39.3 Å². The van der Waals surface area contributed by atoms with Crippen LogP contribution in [0.4, 0.5) is 10.5 Å². The summed E-state index contributed by atoms with van der Waals surface area (Å²) >= 11 is 6.40. The van der Waals surface area contributed by atoms with Crippen LogP contribution < -0.4 is 15.0 Å². The summed E-state index contributed by atoms with van der Waals surface area (Å²) in [5.41, 5.74) is 1.70. The maximum atomic E-state index is 11.7. The summed E-state index contributed by atoms with van der Waals surface area (Å²) in [5, 5.41) is 13.7. The van der Waals surface area contributed by atoms with Crippen molar-refractivity contribution >= 4 is 23.4 Å². The molecule has 1 heterocycles. The number of aliphatic hydroxyl groups excluding tert-OH is 1. The van der Waals surface area contributed by atoms with Crippen LogP contribution in [0, 0.1) is 0 Å². The topological polar surface area (TPSA) is 74.3 Å². The average molecular weight is 442 g/mol. The number of amides is 1. The lowest BCUT2D eigenvalue weighted by atomic mass is 10.1. The van der Waals surface area contributed by atoms with Crippen LogP contribution in [-0.2, 0) is 11.2 Å². The van der Waals surface area contributed by atoms with E-state index < -0.39 is 17.8 Å². The number of carbonyl (C=O) groups excluding carboxylic acids is 1. The minimum absolute atomic E-state index is 0.384. The van der Waals surface area contributed by atoms with Crippen molar-refractivity contribution in [2.75, 3.05) is 51.3 Å². The number of halogens is 1. The van der Waals surface area contributed by atoms with E-state index in [4.69, 9.17) is 21.1 Å². The highest BCUT2D eigenvalue weighted by Crippen LogP contribution is 2.37. The molecule has 170 valence electrons. The number of ether oxygens (including phenoxy) is 2. The summed E-state index contributed by atoms with van der Waals surface area (Å²) in [5.74, 6) is 0.718. The molecule has 1 aliphatic rings. The number of hydrogen-bond donors (Lipinski definition) is 2. The minimum atomic E-state index is -0.522. The Kier molecular flexibility index (Phi) is 9.07. The Morgan fingerprint density at radius 3 is 2.50 bits per heavy atom. The predicted molar refractivity (Wildman–Crippen MR) is 121 cm³/mol. The van der Waals surface area contributed by atoms with E-state index in [1.54, 1.807) is 7.11 Å². The minimum Gasteiger partial charge on any atom is -0.493 e. The molecule has 1 amide bonds. The molecule has 0 aliphatic carbocycles. The van der Waals surface area contributed by atoms with Crippen molar-refractivity contribution in [2.45, 2.75) is 52.2 Å². The van der Waals surface area contributed by atoms with E-state index in [0.717, 1.165) is 44.0 Å². The lowest BCUT2D eigenvalue weighted by Crippen LogP contribution is -2.49. The number of hydrogen-bond acceptors (Lipinski definition) is 6. The standard InChI is InChI=1S/C22H36ClN3O4/c1-6-16-13-18(23)20(29-5)19(14-16)26-11-9-25(10-12-26)15-17(27)7-8-24-21(28)30-22(2,3)4/h13-14,17,27H,6-12,15H2,1-5H3,(H,24,28)/t17-/m1/s1. The highest BCUT2D eigenvalue weighted by molar-refractivity contribution is 6.32. The van der Waals surface area contributed by atoms with Crippen molar-refractivity contribution < 1.29 is 19.4 Å². The van der Waals surface area contributed by atoms with Gasteiger partial charge in [-0.15, -0.1) is 0 Å². The van der Waals surface area contributed by atoms with Gasteiger partial charge in [0.1, 0.15) is 5.60 Å². The van der Waals surface area contributed by atoms with Crippen molar-refractivity contribution in [3.8, 4) is 5.75 Å². The third-order valence-corrected chi connectivity index (χ3v) is 5.30. The second kappa shape index (κ2) is 11.1. The van der Waals surface area contributed by atoms with Gasteiger partial charge in [0.25, 0.3) is 0 Å². The second-order valence-corrected chi connectivity index (χ2v) is 9.05. The molecule has 0 aromatic heterocycles. The number of benzene rings is 1. The fourth-order valence-electron chi connectivity index (χ4n) is 3.49. The number of anilines is 1. The largest absolute Gasteiger partial charge is 0.493 e. The SMILES string of the molecule is CCc1cc(Cl)c(OC)c(N2CCN(C[C@H](O)CCNC(=O)OC(C)(C)C)CC2)c1. The molecule has 1 atom stereocenters. The molecule has 0 spiro atoms. The van der Waals surface area contributed by atoms with E-state index in [-0.39, 0.29) is 0 Å². The summed E-state index contributed by atoms with van der Waals surface area (Å²) in [6.07, 6.45) is 0.450. The first-order valence-electron chi connectivity index (χ1n) is 10.6. The average Bonchev–Trinajstić information content (AvgIpc) is 2.66. The van der Waals surface area contributed by atoms with Gasteiger partial charge in [0.05, 0.1) is 23.9 Å². The van der Waals surface area contributed by atoms with Crippen molar-refractivity contribution in [2.24, 2.45) is 0 Å². The predicted octanol–water partition coefficient (Wildman–Crippen LogP) is 3.31. The third kappa shape index (κ3) is 7.52. The second-order valence-electron chi connectivity index (χ2n) is 8.64. The van der Waals surface area contributed by atoms with E-state index in [0.29, 0.717) is 24.5 Å². The van der Waals surface area contributed by atoms with E-state index in [1.165, 1.54) is 5.56 Å². The summed E-state index contributed by atoms with van der Waals surface area (Å²) in [7, 11) is 1.65. The summed E-state index contributed by atoms with van der Waals surface area (Å²) in [6, 6.07) is 4.11. The number of carbonyl (C=O) groups is 1. The molecule has 1 fully saturated rings. The Balaban J connectivity index is 1.79. The van der Waals surface area contributed by atoms with Crippen LogP contribution in [0.5, 0.6) is 5.75 Å². The number of nitrogens with zero attached hydrogens (tertiary/aromatic N) is 2. The molecule has 2 rings (SSSR count). The summed E-state index contributed by atoms with van der Waals surface area (Å²) < 4.78 is 10.7. The van der Waals surface area contributed by atoms with Gasteiger partial charge in [-0.1, -0.05) is 18.5 Å². The fourth-order valence-corrected chi connectivity index (χ4v) is 3.80. The Morgan fingerprint density at radius 2 is 1.93 bits per heavy atom. The van der Waals surface area contributed by atoms with E-state index in [2.05, 4.69) is 28.1 Å². The number of rotatable bonds is 8. The highest BCUT2D eigenvalue weighted by atomic mass is 35.5. The van der Waals surface area contributed by atoms with Gasteiger partial charge in [0.2, 0.25) is 0 Å². The number of piperazine rings is 1. The van der Waals surface area contributed by atoms with Gasteiger partial charge in [0.15, 0.2) is 5.75 Å². The zero-order valence-corrected chi connectivity index (χ0v) is 19.6. The van der Waals surface area contributed by atoms with Gasteiger partial charge in [-0.25, -0.2) is 4.79 Å². The first-order chi connectivity index (χ1) is 14.1. The van der Waals surface area contributed by atoms with Crippen LogP contribution in [0.15, 0.2) is 12.1 Å². The van der Waals surface area contributed by atoms with E-state index >= 15 is 0 Å². The molecule has 1 aliphatic heterocycles. The maximum absolute atomic E-state index is 11.7. The number of β-amino-alcohol motifs (C(OH)–C–C–N with tert-alkyl or cyclic N) is 1. The van der Waals surface area contributed by atoms with Gasteiger partial charge < -0.3 is 24.8 Å². The molecule has 2 N–H and O–H groups in total. The lowest BCUT2D eigenvalue weighted by molar-refractivity contribution is 0.0510. The lowest BCUT2D eigenvalue weighted by Gasteiger charge is -2.37. The first-order valence-corrected chi connectivity index (χ1v) is 11.0. The normalized spacial score (nSPS) is 16.3. The van der Waals surface area contributed by atoms with Gasteiger partial charge in [-0.2, -0.15) is 0 Å². The quantitative estimate of drug-likeness (QED) is 0.644. The van der Waals surface area contributed by atoms with Crippen molar-refractivity contribution in [1.82, 2.24) is 10.2 Å². The Bertz CT molecular complexity index is 700. The molecule has 1 aromatic rings. The Morgan fingerprint density at radius 1 is 1.27 bits per heavy atom. The fraction of sp³-hybridized carbons (Fsp3) is 0.682. The van der Waals surface area contributed by atoms with Crippen molar-refractivity contribution in [1.29, 1.82) is 0 Å². The molecular weight excluding hydrogens is 406 g/mol. The van der Waals surface area contributed by atoms with Crippen LogP contribution in [0.25, 0.3) is 0 Å². The molecule has 0 bridgehead atoms. The number of methoxy groups -OCH3 is 1. The molecule has 8 heteroatoms. The van der Waals surface area contributed by atoms with Crippen LogP contribution in [0.2, 0.25) is 5.02 Å². The maximum Gasteiger partial charge on any atom is 0.407 e. The molecule has 1 saturated heterocycles. The van der Waals surface area contributed by atoms with Gasteiger partial charge in [-0.3, -0.25) is 4.90 Å². The molecule has 0 unspecified atom stereocenters. The van der Waals surface area contributed by atoms with E-state index in [1.807, 2.05) is 26.8 Å². The highest BCUT2D eigenvalue weighted by Gasteiger charge is 2.23. The van der Waals surface area contributed by atoms with Crippen molar-refractivity contribution in [3.05, 3.63) is 22.7 Å². The number of alkyl carbamates (subject to hydrolysis) is 1. The van der Waals surface area contributed by atoms with Crippen molar-refractivity contribution in [3.63, 3.8) is 0 Å². The number of aliphatic hydroxyl groups is 1. The zero-order chi connectivity index (χ0) is 22.3. The van der Waals surface area contributed by atoms with Gasteiger partial charge in [-0.05, 0) is 51.3 Å². The molecular formula is C22H36ClN3O4. The Hall–Kier alpha value is -1.70. The number of aryl methyl sites for hydroxylation is 1. The smallest absolute Gasteiger partial charge is 0.407 e. The zero-order valence-electron chi connectivity index (χ0n) is 18.8. The monoisotopic (exact) mass is 441 g/mol. The molecule has 0 radical (unpaired) electrons. The molecule has 1 aromatic carbocycles. The van der Waals surface area contributed by atoms with Crippen LogP contribution >= 0.6 is 11.6 Å². The molecule has 30 heavy (non-hydrogen) atoms. The summed E-state index contributed by atoms with van der Waals surface area (Å²) in [6.45, 7) is 11.9. The number of nitrogens with one attached hydrogen (secondary N) is 1.